The van der Waals surface area contributed by atoms with Crippen molar-refractivity contribution >= 4 is 46.7 Å². The highest BCUT2D eigenvalue weighted by Gasteiger charge is 2.65. The van der Waals surface area contributed by atoms with Crippen molar-refractivity contribution in [3.05, 3.63) is 27.7 Å². The van der Waals surface area contributed by atoms with Gasteiger partial charge in [0.1, 0.15) is 0 Å². The molecule has 0 aromatic heterocycles. The third-order valence-electron chi connectivity index (χ3n) is 3.92. The number of anilines is 1. The number of carboxylic acid groups (broad SMARTS) is 2. The van der Waals surface area contributed by atoms with E-state index in [1.165, 1.54) is 6.07 Å². The fraction of sp³-hybridized carbons (Fsp3) is 0.357. The molecule has 2 rings (SSSR count). The van der Waals surface area contributed by atoms with E-state index in [4.69, 9.17) is 33.4 Å². The maximum absolute atomic E-state index is 12.2. The van der Waals surface area contributed by atoms with Crippen LogP contribution in [0, 0.1) is 17.3 Å². The molecule has 0 spiro atoms. The van der Waals surface area contributed by atoms with Crippen LogP contribution in [-0.4, -0.2) is 28.1 Å². The second-order valence-corrected chi connectivity index (χ2v) is 6.54. The summed E-state index contributed by atoms with van der Waals surface area (Å²) in [5, 5.41) is 20.6. The smallest absolute Gasteiger partial charge is 0.337 e. The van der Waals surface area contributed by atoms with Gasteiger partial charge in [-0.1, -0.05) is 37.0 Å². The molecule has 0 heterocycles. The highest BCUT2D eigenvalue weighted by Crippen LogP contribution is 2.58. The molecule has 2 atom stereocenters. The van der Waals surface area contributed by atoms with Crippen LogP contribution < -0.4 is 5.32 Å². The minimum absolute atomic E-state index is 0.0503. The van der Waals surface area contributed by atoms with E-state index >= 15 is 0 Å². The van der Waals surface area contributed by atoms with Crippen molar-refractivity contribution < 1.29 is 24.6 Å². The van der Waals surface area contributed by atoms with E-state index in [0.717, 1.165) is 6.07 Å². The average molecular weight is 346 g/mol. The lowest BCUT2D eigenvalue weighted by atomic mass is 10.1. The van der Waals surface area contributed by atoms with Gasteiger partial charge >= 0.3 is 11.9 Å². The third-order valence-corrected chi connectivity index (χ3v) is 4.55. The molecular weight excluding hydrogens is 333 g/mol. The number of halogens is 2. The molecule has 8 heteroatoms. The van der Waals surface area contributed by atoms with Crippen molar-refractivity contribution in [2.24, 2.45) is 17.3 Å². The third kappa shape index (κ3) is 2.76. The number of carbonyl (C=O) groups excluding carboxylic acids is 1. The maximum atomic E-state index is 12.2. The second kappa shape index (κ2) is 5.44. The van der Waals surface area contributed by atoms with Crippen molar-refractivity contribution in [2.45, 2.75) is 13.8 Å². The summed E-state index contributed by atoms with van der Waals surface area (Å²) in [5.74, 6) is -4.30. The number of hydrogen-bond donors (Lipinski definition) is 3. The second-order valence-electron chi connectivity index (χ2n) is 5.72. The van der Waals surface area contributed by atoms with Crippen LogP contribution in [0.3, 0.4) is 0 Å². The first-order chi connectivity index (χ1) is 10.1. The first-order valence-corrected chi connectivity index (χ1v) is 7.09. The van der Waals surface area contributed by atoms with Gasteiger partial charge < -0.3 is 15.5 Å². The number of benzene rings is 1. The van der Waals surface area contributed by atoms with E-state index in [0.29, 0.717) is 0 Å². The van der Waals surface area contributed by atoms with Gasteiger partial charge in [0.05, 0.1) is 33.1 Å². The molecule has 1 aliphatic rings. The molecule has 1 amide bonds. The molecule has 1 aliphatic carbocycles. The molecule has 0 aliphatic heterocycles. The maximum Gasteiger partial charge on any atom is 0.337 e. The van der Waals surface area contributed by atoms with Crippen molar-refractivity contribution in [3.63, 3.8) is 0 Å². The molecule has 22 heavy (non-hydrogen) atoms. The quantitative estimate of drug-likeness (QED) is 0.778. The number of amides is 1. The molecule has 3 N–H and O–H groups in total. The average Bonchev–Trinajstić information content (AvgIpc) is 2.95. The van der Waals surface area contributed by atoms with Crippen molar-refractivity contribution in [1.29, 1.82) is 0 Å². The number of nitrogens with one attached hydrogen (secondary N) is 1. The van der Waals surface area contributed by atoms with E-state index in [1.54, 1.807) is 13.8 Å². The van der Waals surface area contributed by atoms with Gasteiger partial charge in [0.25, 0.3) is 0 Å². The Morgan fingerprint density at radius 3 is 2.14 bits per heavy atom. The summed E-state index contributed by atoms with van der Waals surface area (Å²) in [6.45, 7) is 3.37. The van der Waals surface area contributed by atoms with Crippen LogP contribution in [0.25, 0.3) is 0 Å². The molecule has 1 aromatic carbocycles. The highest BCUT2D eigenvalue weighted by atomic mass is 35.5. The largest absolute Gasteiger partial charge is 0.481 e. The summed E-state index contributed by atoms with van der Waals surface area (Å²) in [6, 6.07) is 2.37. The Kier molecular flexibility index (Phi) is 4.10. The molecule has 0 bridgehead atoms. The Bertz CT molecular complexity index is 686. The highest BCUT2D eigenvalue weighted by molar-refractivity contribution is 6.38. The van der Waals surface area contributed by atoms with E-state index in [1.807, 2.05) is 0 Å². The first-order valence-electron chi connectivity index (χ1n) is 6.33. The minimum Gasteiger partial charge on any atom is -0.481 e. The van der Waals surface area contributed by atoms with Crippen molar-refractivity contribution in [3.8, 4) is 0 Å². The molecule has 0 radical (unpaired) electrons. The normalized spacial score (nSPS) is 22.0. The van der Waals surface area contributed by atoms with E-state index < -0.39 is 35.1 Å². The summed E-state index contributed by atoms with van der Waals surface area (Å²) in [6.07, 6.45) is 0. The van der Waals surface area contributed by atoms with Gasteiger partial charge in [-0.05, 0) is 17.5 Å². The first kappa shape index (κ1) is 16.6. The molecule has 118 valence electrons. The monoisotopic (exact) mass is 345 g/mol. The number of hydrogen-bond acceptors (Lipinski definition) is 3. The summed E-state index contributed by atoms with van der Waals surface area (Å²) in [5.41, 5.74) is -0.781. The number of aromatic carboxylic acids is 1. The van der Waals surface area contributed by atoms with Crippen LogP contribution in [0.2, 0.25) is 10.0 Å². The number of rotatable bonds is 4. The van der Waals surface area contributed by atoms with Gasteiger partial charge in [-0.25, -0.2) is 4.79 Å². The topological polar surface area (TPSA) is 104 Å². The zero-order valence-corrected chi connectivity index (χ0v) is 13.2. The lowest BCUT2D eigenvalue weighted by Crippen LogP contribution is -2.18. The predicted octanol–water partition coefficient (Wildman–Crippen LogP) is 2.99. The summed E-state index contributed by atoms with van der Waals surface area (Å²) >= 11 is 11.7. The zero-order chi connectivity index (χ0) is 16.8. The van der Waals surface area contributed by atoms with Gasteiger partial charge in [-0.15, -0.1) is 0 Å². The van der Waals surface area contributed by atoms with Crippen LogP contribution in [-0.2, 0) is 9.59 Å². The standard InChI is InChI=1S/C14H13Cl2NO5/c1-14(2)9(10(14)13(21)22)11(18)17-8-3-5(12(19)20)6(15)4-7(8)16/h3-4,9-10H,1-2H3,(H,17,18)(H,19,20)(H,21,22)/t9-,10-/m1/s1. The fourth-order valence-corrected chi connectivity index (χ4v) is 3.12. The molecule has 1 saturated carbocycles. The summed E-state index contributed by atoms with van der Waals surface area (Å²) in [7, 11) is 0. The molecule has 0 saturated heterocycles. The van der Waals surface area contributed by atoms with Gasteiger partial charge in [0, 0.05) is 0 Å². The molecule has 6 nitrogen and oxygen atoms in total. The SMILES string of the molecule is CC1(C)[C@@H](C(=O)O)[C@@H]1C(=O)Nc1cc(C(=O)O)c(Cl)cc1Cl. The fourth-order valence-electron chi connectivity index (χ4n) is 2.61. The number of carboxylic acids is 2. The molecular formula is C14H13Cl2NO5. The Morgan fingerprint density at radius 1 is 1.09 bits per heavy atom. The van der Waals surface area contributed by atoms with E-state index in [-0.39, 0.29) is 21.3 Å². The Morgan fingerprint density at radius 2 is 1.68 bits per heavy atom. The van der Waals surface area contributed by atoms with Gasteiger partial charge in [-0.2, -0.15) is 0 Å². The van der Waals surface area contributed by atoms with Crippen LogP contribution in [0.5, 0.6) is 0 Å². The van der Waals surface area contributed by atoms with Crippen LogP contribution >= 0.6 is 23.2 Å². The lowest BCUT2D eigenvalue weighted by Gasteiger charge is -2.10. The summed E-state index contributed by atoms with van der Waals surface area (Å²) < 4.78 is 0. The molecule has 1 aromatic rings. The predicted molar refractivity (Wildman–Crippen MR) is 80.4 cm³/mol. The Labute approximate surface area is 136 Å². The molecule has 1 fully saturated rings. The van der Waals surface area contributed by atoms with Gasteiger partial charge in [0.15, 0.2) is 0 Å². The number of aliphatic carboxylic acids is 1. The zero-order valence-electron chi connectivity index (χ0n) is 11.7. The Balaban J connectivity index is 2.25. The Hall–Kier alpha value is -1.79. The van der Waals surface area contributed by atoms with Crippen molar-refractivity contribution in [1.82, 2.24) is 0 Å². The van der Waals surface area contributed by atoms with E-state index in [9.17, 15) is 14.4 Å². The van der Waals surface area contributed by atoms with E-state index in [2.05, 4.69) is 5.32 Å². The lowest BCUT2D eigenvalue weighted by molar-refractivity contribution is -0.140. The number of carbonyl (C=O) groups is 3. The van der Waals surface area contributed by atoms with Gasteiger partial charge in [0.2, 0.25) is 5.91 Å². The molecule has 0 unspecified atom stereocenters. The van der Waals surface area contributed by atoms with Crippen LogP contribution in [0.4, 0.5) is 5.69 Å². The minimum atomic E-state index is -1.26. The van der Waals surface area contributed by atoms with Gasteiger partial charge in [-0.3, -0.25) is 9.59 Å². The van der Waals surface area contributed by atoms with Crippen LogP contribution in [0.15, 0.2) is 12.1 Å². The van der Waals surface area contributed by atoms with Crippen LogP contribution in [0.1, 0.15) is 24.2 Å². The van der Waals surface area contributed by atoms with Crippen molar-refractivity contribution in [2.75, 3.05) is 5.32 Å². The summed E-state index contributed by atoms with van der Waals surface area (Å²) in [4.78, 5) is 34.4.